The predicted molar refractivity (Wildman–Crippen MR) is 252 cm³/mol. The Kier molecular flexibility index (Phi) is 8.13. The lowest BCUT2D eigenvalue weighted by Crippen LogP contribution is -1.98. The van der Waals surface area contributed by atoms with Gasteiger partial charge in [-0.15, -0.1) is 0 Å². The summed E-state index contributed by atoms with van der Waals surface area (Å²) in [6.07, 6.45) is 0. The number of aromatic nitrogens is 4. The van der Waals surface area contributed by atoms with Gasteiger partial charge in [-0.3, -0.25) is 0 Å². The maximum Gasteiger partial charge on any atom is 0.0901 e. The Hall–Kier alpha value is -8.21. The van der Waals surface area contributed by atoms with E-state index in [9.17, 15) is 0 Å². The molecule has 5 heterocycles. The summed E-state index contributed by atoms with van der Waals surface area (Å²) in [5.74, 6) is 0. The van der Waals surface area contributed by atoms with Crippen LogP contribution in [-0.4, -0.2) is 19.9 Å². The third kappa shape index (κ3) is 6.21. The molecule has 1 aliphatic rings. The highest BCUT2D eigenvalue weighted by Crippen LogP contribution is 2.41. The molecule has 0 radical (unpaired) electrons. The fourth-order valence-corrected chi connectivity index (χ4v) is 8.87. The number of hydrogen-bond donors (Lipinski definition) is 1. The maximum absolute atomic E-state index is 5.46. The van der Waals surface area contributed by atoms with Crippen LogP contribution in [0, 0.1) is 0 Å². The first-order valence-corrected chi connectivity index (χ1v) is 20.7. The highest BCUT2D eigenvalue weighted by Gasteiger charge is 2.20. The number of pyridine rings is 3. The fraction of sp³-hybridized carbons (Fsp3) is 0. The lowest BCUT2D eigenvalue weighted by Gasteiger charge is -2.15. The number of para-hydroxylation sites is 2. The zero-order valence-electron chi connectivity index (χ0n) is 33.0. The number of nitrogens with zero attached hydrogens (tertiary/aromatic N) is 3. The van der Waals surface area contributed by atoms with Gasteiger partial charge in [0.2, 0.25) is 0 Å². The molecule has 1 aliphatic heterocycles. The Morgan fingerprint density at radius 2 is 0.508 bits per heavy atom. The molecule has 1 N–H and O–H groups in total. The highest BCUT2D eigenvalue weighted by atomic mass is 14.8. The molecule has 4 aromatic heterocycles. The van der Waals surface area contributed by atoms with Gasteiger partial charge < -0.3 is 4.98 Å². The van der Waals surface area contributed by atoms with Crippen LogP contribution in [0.2, 0.25) is 0 Å². The van der Waals surface area contributed by atoms with Gasteiger partial charge in [-0.1, -0.05) is 176 Å². The van der Waals surface area contributed by atoms with E-state index in [1.807, 2.05) is 0 Å². The Bertz CT molecular complexity index is 3220. The van der Waals surface area contributed by atoms with Gasteiger partial charge in [0.05, 0.1) is 45.2 Å². The Balaban J connectivity index is 1.12. The Morgan fingerprint density at radius 1 is 0.230 bits per heavy atom. The maximum atomic E-state index is 5.46. The van der Waals surface area contributed by atoms with Gasteiger partial charge in [0.25, 0.3) is 0 Å². The molecule has 0 saturated carbocycles. The quantitative estimate of drug-likeness (QED) is 0.189. The van der Waals surface area contributed by atoms with E-state index in [0.29, 0.717) is 0 Å². The van der Waals surface area contributed by atoms with E-state index in [2.05, 4.69) is 217 Å². The van der Waals surface area contributed by atoms with Crippen molar-refractivity contribution in [3.05, 3.63) is 212 Å². The number of benzene rings is 7. The molecule has 4 heteroatoms. The molecule has 0 fully saturated rings. The molecule has 0 amide bonds. The van der Waals surface area contributed by atoms with Crippen LogP contribution in [-0.2, 0) is 0 Å². The first-order valence-electron chi connectivity index (χ1n) is 20.7. The minimum absolute atomic E-state index is 0.778. The van der Waals surface area contributed by atoms with Crippen LogP contribution >= 0.6 is 0 Å². The normalized spacial score (nSPS) is 11.6. The average molecular weight is 777 g/mol. The van der Waals surface area contributed by atoms with Crippen molar-refractivity contribution in [2.75, 3.05) is 0 Å². The number of H-pyrrole nitrogens is 1. The number of aromatic amines is 1. The van der Waals surface area contributed by atoms with Crippen molar-refractivity contribution in [1.29, 1.82) is 0 Å². The van der Waals surface area contributed by atoms with E-state index < -0.39 is 0 Å². The number of rotatable bonds is 5. The predicted octanol–water partition coefficient (Wildman–Crippen LogP) is 14.8. The highest BCUT2D eigenvalue weighted by molar-refractivity contribution is 6.15. The Labute approximate surface area is 353 Å². The molecule has 0 unspecified atom stereocenters. The smallest absolute Gasteiger partial charge is 0.0901 e. The SMILES string of the molecule is c1ccc(-c2ccc(-c3cc4nc(c3)-c3cccc5c3[nH]c3c(cccc35)-c3cc(-c5ccc(-c6ccccc6)cc5)cc(n3)-c3cc(-c5ccccc5)cc-4n3)cc2)cc1. The lowest BCUT2D eigenvalue weighted by atomic mass is 9.96. The lowest BCUT2D eigenvalue weighted by molar-refractivity contribution is 1.22. The van der Waals surface area contributed by atoms with Crippen LogP contribution in [0.15, 0.2) is 212 Å². The van der Waals surface area contributed by atoms with Crippen molar-refractivity contribution in [2.45, 2.75) is 0 Å². The zero-order chi connectivity index (χ0) is 40.3. The standard InChI is InChI=1S/C57H36N4/c1-4-12-36(13-5-1)39-22-26-41(27-23-39)43-30-50-48-20-10-18-46-47-19-11-21-49(57(47)61-56(46)48)51-31-44(42-28-24-40(25-29-42)37-14-6-2-7-15-37)33-53(59-51)55-35-45(38-16-8-3-9-17-38)34-54(60-55)52(32-43)58-50/h1-35,61H. The van der Waals surface area contributed by atoms with Gasteiger partial charge in [0.1, 0.15) is 0 Å². The van der Waals surface area contributed by atoms with E-state index in [4.69, 9.17) is 15.0 Å². The largest absolute Gasteiger partial charge is 0.353 e. The molecule has 12 rings (SSSR count). The summed E-state index contributed by atoms with van der Waals surface area (Å²) in [5.41, 5.74) is 20.2. The second kappa shape index (κ2) is 14.3. The van der Waals surface area contributed by atoms with Crippen molar-refractivity contribution >= 4 is 21.8 Å². The summed E-state index contributed by atoms with van der Waals surface area (Å²) in [4.78, 5) is 20.3. The molecule has 61 heavy (non-hydrogen) atoms. The van der Waals surface area contributed by atoms with Gasteiger partial charge in [0.15, 0.2) is 0 Å². The van der Waals surface area contributed by atoms with Crippen molar-refractivity contribution in [1.82, 2.24) is 19.9 Å². The van der Waals surface area contributed by atoms with Gasteiger partial charge in [-0.2, -0.15) is 0 Å². The molecule has 4 nitrogen and oxygen atoms in total. The third-order valence-electron chi connectivity index (χ3n) is 12.0. The summed E-state index contributed by atoms with van der Waals surface area (Å²) in [6.45, 7) is 0. The van der Waals surface area contributed by atoms with Crippen molar-refractivity contribution in [2.24, 2.45) is 0 Å². The van der Waals surface area contributed by atoms with Crippen LogP contribution in [0.3, 0.4) is 0 Å². The molecule has 0 spiro atoms. The van der Waals surface area contributed by atoms with Crippen LogP contribution in [0.4, 0.5) is 0 Å². The topological polar surface area (TPSA) is 54.5 Å². The average Bonchev–Trinajstić information content (AvgIpc) is 3.74. The van der Waals surface area contributed by atoms with E-state index in [1.165, 1.54) is 22.3 Å². The van der Waals surface area contributed by atoms with E-state index >= 15 is 0 Å². The van der Waals surface area contributed by atoms with Gasteiger partial charge >= 0.3 is 0 Å². The summed E-state index contributed by atoms with van der Waals surface area (Å²) < 4.78 is 0. The van der Waals surface area contributed by atoms with Crippen molar-refractivity contribution in [3.63, 3.8) is 0 Å². The van der Waals surface area contributed by atoms with E-state index in [-0.39, 0.29) is 0 Å². The van der Waals surface area contributed by atoms with Crippen molar-refractivity contribution in [3.8, 4) is 101 Å². The van der Waals surface area contributed by atoms with E-state index in [1.54, 1.807) is 0 Å². The monoisotopic (exact) mass is 776 g/mol. The molecular weight excluding hydrogens is 741 g/mol. The van der Waals surface area contributed by atoms with Crippen LogP contribution in [0.5, 0.6) is 0 Å². The molecule has 284 valence electrons. The molecule has 7 aromatic carbocycles. The van der Waals surface area contributed by atoms with Crippen molar-refractivity contribution < 1.29 is 0 Å². The van der Waals surface area contributed by atoms with Crippen LogP contribution in [0.25, 0.3) is 123 Å². The van der Waals surface area contributed by atoms with E-state index in [0.717, 1.165) is 100 Å². The molecule has 8 bridgehead atoms. The summed E-state index contributed by atoms with van der Waals surface area (Å²) in [7, 11) is 0. The first-order chi connectivity index (χ1) is 30.2. The summed E-state index contributed by atoms with van der Waals surface area (Å²) in [6, 6.07) is 75.4. The molecule has 11 aromatic rings. The third-order valence-corrected chi connectivity index (χ3v) is 12.0. The second-order valence-corrected chi connectivity index (χ2v) is 15.7. The first kappa shape index (κ1) is 34.8. The molecule has 0 saturated heterocycles. The van der Waals surface area contributed by atoms with Gasteiger partial charge in [-0.05, 0) is 92.0 Å². The molecule has 0 atom stereocenters. The molecular formula is C57H36N4. The zero-order valence-corrected chi connectivity index (χ0v) is 33.0. The number of hydrogen-bond acceptors (Lipinski definition) is 3. The minimum atomic E-state index is 0.778. The number of nitrogens with one attached hydrogen (secondary N) is 1. The molecule has 0 aliphatic carbocycles. The minimum Gasteiger partial charge on any atom is -0.353 e. The fourth-order valence-electron chi connectivity index (χ4n) is 8.87. The van der Waals surface area contributed by atoms with Crippen LogP contribution < -0.4 is 0 Å². The van der Waals surface area contributed by atoms with Gasteiger partial charge in [0, 0.05) is 21.9 Å². The summed E-state index contributed by atoms with van der Waals surface area (Å²) in [5, 5.41) is 2.28. The van der Waals surface area contributed by atoms with Gasteiger partial charge in [-0.25, -0.2) is 15.0 Å². The summed E-state index contributed by atoms with van der Waals surface area (Å²) >= 11 is 0. The number of fused-ring (bicyclic) bond motifs is 11. The van der Waals surface area contributed by atoms with Crippen LogP contribution in [0.1, 0.15) is 0 Å². The Morgan fingerprint density at radius 3 is 0.869 bits per heavy atom. The second-order valence-electron chi connectivity index (χ2n) is 15.7.